The molecule has 1 amide bonds. The third-order valence-corrected chi connectivity index (χ3v) is 2.67. The number of amides is 1. The molecule has 0 saturated heterocycles. The van der Waals surface area contributed by atoms with E-state index in [-0.39, 0.29) is 21.8 Å². The summed E-state index contributed by atoms with van der Waals surface area (Å²) in [5.41, 5.74) is 0.491. The van der Waals surface area contributed by atoms with Crippen LogP contribution in [-0.4, -0.2) is 10.9 Å². The summed E-state index contributed by atoms with van der Waals surface area (Å²) in [5, 5.41) is 11.6. The minimum Gasteiger partial charge on any atom is -0.321 e. The van der Waals surface area contributed by atoms with E-state index in [1.165, 1.54) is 24.5 Å². The molecule has 6 heteroatoms. The highest BCUT2D eigenvalue weighted by Gasteiger charge is 2.12. The molecule has 2 rings (SSSR count). The third-order valence-electron chi connectivity index (χ3n) is 2.37. The Hall–Kier alpha value is -2.45. The van der Waals surface area contributed by atoms with E-state index in [1.54, 1.807) is 0 Å². The van der Waals surface area contributed by atoms with Gasteiger partial charge in [0.2, 0.25) is 0 Å². The van der Waals surface area contributed by atoms with Crippen molar-refractivity contribution in [3.05, 3.63) is 58.6 Å². The van der Waals surface area contributed by atoms with E-state index < -0.39 is 11.7 Å². The van der Waals surface area contributed by atoms with Crippen LogP contribution in [0.25, 0.3) is 0 Å². The van der Waals surface area contributed by atoms with Crippen LogP contribution in [-0.2, 0) is 0 Å². The highest BCUT2D eigenvalue weighted by molar-refractivity contribution is 6.34. The van der Waals surface area contributed by atoms with Crippen LogP contribution >= 0.6 is 11.6 Å². The molecule has 1 heterocycles. The standard InChI is InChI=1S/C13H7ClFN3O/c14-11-7-17-4-3-10(11)13(19)18-12-2-1-9(15)5-8(12)6-16/h1-5,7H,(H,18,19). The first-order chi connectivity index (χ1) is 9.11. The minimum absolute atomic E-state index is 0.0403. The van der Waals surface area contributed by atoms with Crippen LogP contribution in [0.3, 0.4) is 0 Å². The van der Waals surface area contributed by atoms with Crippen LogP contribution in [0.5, 0.6) is 0 Å². The van der Waals surface area contributed by atoms with Crippen LogP contribution in [0.15, 0.2) is 36.7 Å². The summed E-state index contributed by atoms with van der Waals surface area (Å²) in [5.74, 6) is -1.04. The van der Waals surface area contributed by atoms with Gasteiger partial charge in [-0.25, -0.2) is 4.39 Å². The maximum absolute atomic E-state index is 13.0. The molecule has 0 aliphatic rings. The van der Waals surface area contributed by atoms with Crippen LogP contribution in [0.2, 0.25) is 5.02 Å². The summed E-state index contributed by atoms with van der Waals surface area (Å²) in [6, 6.07) is 6.78. The number of aromatic nitrogens is 1. The number of rotatable bonds is 2. The number of hydrogen-bond donors (Lipinski definition) is 1. The predicted molar refractivity (Wildman–Crippen MR) is 68.3 cm³/mol. The first kappa shape index (κ1) is 13.0. The molecule has 1 N–H and O–H groups in total. The lowest BCUT2D eigenvalue weighted by atomic mass is 10.1. The van der Waals surface area contributed by atoms with Crippen molar-refractivity contribution < 1.29 is 9.18 Å². The van der Waals surface area contributed by atoms with Gasteiger partial charge in [-0.05, 0) is 24.3 Å². The SMILES string of the molecule is N#Cc1cc(F)ccc1NC(=O)c1ccncc1Cl. The summed E-state index contributed by atoms with van der Waals surface area (Å²) in [6.07, 6.45) is 2.77. The zero-order valence-electron chi connectivity index (χ0n) is 9.52. The summed E-state index contributed by atoms with van der Waals surface area (Å²) in [6.45, 7) is 0. The van der Waals surface area contributed by atoms with Crippen molar-refractivity contribution in [2.45, 2.75) is 0 Å². The molecule has 0 bridgehead atoms. The molecule has 0 unspecified atom stereocenters. The van der Waals surface area contributed by atoms with Crippen LogP contribution in [0.1, 0.15) is 15.9 Å². The number of nitrogens with zero attached hydrogens (tertiary/aromatic N) is 2. The number of carbonyl (C=O) groups is 1. The molecular weight excluding hydrogens is 269 g/mol. The fraction of sp³-hybridized carbons (Fsp3) is 0. The quantitative estimate of drug-likeness (QED) is 0.916. The molecule has 0 radical (unpaired) electrons. The van der Waals surface area contributed by atoms with Crippen LogP contribution in [0.4, 0.5) is 10.1 Å². The first-order valence-electron chi connectivity index (χ1n) is 5.22. The van der Waals surface area contributed by atoms with E-state index in [4.69, 9.17) is 16.9 Å². The minimum atomic E-state index is -0.545. The highest BCUT2D eigenvalue weighted by atomic mass is 35.5. The van der Waals surface area contributed by atoms with Gasteiger partial charge in [0, 0.05) is 12.4 Å². The number of halogens is 2. The maximum Gasteiger partial charge on any atom is 0.257 e. The lowest BCUT2D eigenvalue weighted by molar-refractivity contribution is 0.102. The van der Waals surface area contributed by atoms with E-state index in [2.05, 4.69) is 10.3 Å². The Morgan fingerprint density at radius 3 is 2.89 bits per heavy atom. The molecule has 0 fully saturated rings. The smallest absolute Gasteiger partial charge is 0.257 e. The Labute approximate surface area is 113 Å². The van der Waals surface area contributed by atoms with Crippen molar-refractivity contribution in [2.24, 2.45) is 0 Å². The Kier molecular flexibility index (Phi) is 3.74. The largest absolute Gasteiger partial charge is 0.321 e. The number of pyridine rings is 1. The Morgan fingerprint density at radius 1 is 1.42 bits per heavy atom. The van der Waals surface area contributed by atoms with Gasteiger partial charge < -0.3 is 5.32 Å². The average molecular weight is 276 g/mol. The zero-order chi connectivity index (χ0) is 13.8. The number of benzene rings is 1. The molecule has 0 aliphatic carbocycles. The molecular formula is C13H7ClFN3O. The Morgan fingerprint density at radius 2 is 2.21 bits per heavy atom. The van der Waals surface area contributed by atoms with E-state index in [0.717, 1.165) is 12.1 Å². The van der Waals surface area contributed by atoms with Crippen LogP contribution < -0.4 is 5.32 Å². The first-order valence-corrected chi connectivity index (χ1v) is 5.60. The van der Waals surface area contributed by atoms with Crippen molar-refractivity contribution in [2.75, 3.05) is 5.32 Å². The van der Waals surface area contributed by atoms with Crippen molar-refractivity contribution in [1.29, 1.82) is 5.26 Å². The van der Waals surface area contributed by atoms with E-state index in [9.17, 15) is 9.18 Å². The van der Waals surface area contributed by atoms with Gasteiger partial charge in [0.25, 0.3) is 5.91 Å². The van der Waals surface area contributed by atoms with Crippen molar-refractivity contribution in [3.8, 4) is 6.07 Å². The van der Waals surface area contributed by atoms with Gasteiger partial charge >= 0.3 is 0 Å². The molecule has 1 aromatic heterocycles. The van der Waals surface area contributed by atoms with Gasteiger partial charge in [-0.2, -0.15) is 5.26 Å². The highest BCUT2D eigenvalue weighted by Crippen LogP contribution is 2.19. The molecule has 0 aliphatic heterocycles. The summed E-state index contributed by atoms with van der Waals surface area (Å²) in [7, 11) is 0. The number of nitrogens with one attached hydrogen (secondary N) is 1. The normalized spacial score (nSPS) is 9.74. The number of carbonyl (C=O) groups excluding carboxylic acids is 1. The average Bonchev–Trinajstić information content (AvgIpc) is 2.41. The van der Waals surface area contributed by atoms with Crippen molar-refractivity contribution in [1.82, 2.24) is 4.98 Å². The lowest BCUT2D eigenvalue weighted by Crippen LogP contribution is -2.13. The zero-order valence-corrected chi connectivity index (χ0v) is 10.3. The van der Waals surface area contributed by atoms with Crippen LogP contribution in [0, 0.1) is 17.1 Å². The summed E-state index contributed by atoms with van der Waals surface area (Å²) >= 11 is 5.84. The topological polar surface area (TPSA) is 65.8 Å². The van der Waals surface area contributed by atoms with Gasteiger partial charge in [-0.15, -0.1) is 0 Å². The third kappa shape index (κ3) is 2.87. The molecule has 1 aromatic carbocycles. The van der Waals surface area contributed by atoms with Crippen molar-refractivity contribution >= 4 is 23.2 Å². The maximum atomic E-state index is 13.0. The molecule has 2 aromatic rings. The molecule has 94 valence electrons. The molecule has 0 saturated carbocycles. The molecule has 0 spiro atoms. The second-order valence-electron chi connectivity index (χ2n) is 3.61. The Balaban J connectivity index is 2.30. The predicted octanol–water partition coefficient (Wildman–Crippen LogP) is 3.00. The lowest BCUT2D eigenvalue weighted by Gasteiger charge is -2.07. The fourth-order valence-corrected chi connectivity index (χ4v) is 1.67. The van der Waals surface area contributed by atoms with Gasteiger partial charge in [-0.3, -0.25) is 9.78 Å². The van der Waals surface area contributed by atoms with E-state index >= 15 is 0 Å². The number of nitriles is 1. The number of hydrogen-bond acceptors (Lipinski definition) is 3. The monoisotopic (exact) mass is 275 g/mol. The van der Waals surface area contributed by atoms with Gasteiger partial charge in [-0.1, -0.05) is 11.6 Å². The molecule has 4 nitrogen and oxygen atoms in total. The second-order valence-corrected chi connectivity index (χ2v) is 4.02. The Bertz CT molecular complexity index is 682. The molecule has 0 atom stereocenters. The fourth-order valence-electron chi connectivity index (χ4n) is 1.47. The van der Waals surface area contributed by atoms with E-state index in [0.29, 0.717) is 0 Å². The van der Waals surface area contributed by atoms with Gasteiger partial charge in [0.15, 0.2) is 0 Å². The summed E-state index contributed by atoms with van der Waals surface area (Å²) in [4.78, 5) is 15.7. The van der Waals surface area contributed by atoms with Crippen molar-refractivity contribution in [3.63, 3.8) is 0 Å². The van der Waals surface area contributed by atoms with E-state index in [1.807, 2.05) is 6.07 Å². The second kappa shape index (κ2) is 5.46. The molecule has 19 heavy (non-hydrogen) atoms. The van der Waals surface area contributed by atoms with Gasteiger partial charge in [0.1, 0.15) is 11.9 Å². The van der Waals surface area contributed by atoms with Gasteiger partial charge in [0.05, 0.1) is 21.8 Å². The number of anilines is 1. The summed E-state index contributed by atoms with van der Waals surface area (Å²) < 4.78 is 13.0.